The molecule has 1 atom stereocenters. The van der Waals surface area contributed by atoms with Crippen LogP contribution in [0.15, 0.2) is 72.9 Å². The van der Waals surface area contributed by atoms with Gasteiger partial charge < -0.3 is 19.7 Å². The Morgan fingerprint density at radius 1 is 1.09 bits per heavy atom. The molecule has 0 aliphatic heterocycles. The molecule has 6 nitrogen and oxygen atoms in total. The van der Waals surface area contributed by atoms with Gasteiger partial charge in [0.15, 0.2) is 0 Å². The molecule has 4 rings (SSSR count). The van der Waals surface area contributed by atoms with Gasteiger partial charge in [-0.3, -0.25) is 4.79 Å². The zero-order chi connectivity index (χ0) is 23.5. The third kappa shape index (κ3) is 4.71. The second-order valence-corrected chi connectivity index (χ2v) is 8.21. The van der Waals surface area contributed by atoms with Crippen molar-refractivity contribution in [3.05, 3.63) is 100 Å². The number of nitrogens with one attached hydrogen (secondary N) is 1. The van der Waals surface area contributed by atoms with Crippen molar-refractivity contribution in [1.82, 2.24) is 9.88 Å². The highest BCUT2D eigenvalue weighted by Crippen LogP contribution is 2.28. The SMILES string of the molecule is COc1cc(C(=O)O)ccc1C(C)NC(=O)c1cccc2ccn(Cc3ccc(Cl)cc3)c12. The van der Waals surface area contributed by atoms with Crippen molar-refractivity contribution in [2.75, 3.05) is 7.11 Å². The number of ether oxygens (including phenoxy) is 1. The zero-order valence-electron chi connectivity index (χ0n) is 18.2. The topological polar surface area (TPSA) is 80.6 Å². The number of benzene rings is 3. The molecule has 0 radical (unpaired) electrons. The number of methoxy groups -OCH3 is 1. The number of carboxylic acid groups (broad SMARTS) is 1. The van der Waals surface area contributed by atoms with Crippen LogP contribution in [0.25, 0.3) is 10.9 Å². The van der Waals surface area contributed by atoms with E-state index in [2.05, 4.69) is 5.32 Å². The zero-order valence-corrected chi connectivity index (χ0v) is 19.0. The van der Waals surface area contributed by atoms with Crippen LogP contribution in [0.1, 0.15) is 44.8 Å². The molecule has 0 saturated heterocycles. The molecular weight excluding hydrogens is 440 g/mol. The molecule has 1 amide bonds. The molecule has 3 aromatic carbocycles. The van der Waals surface area contributed by atoms with Crippen molar-refractivity contribution in [3.8, 4) is 5.75 Å². The second-order valence-electron chi connectivity index (χ2n) is 7.77. The van der Waals surface area contributed by atoms with Gasteiger partial charge in [-0.1, -0.05) is 41.9 Å². The highest BCUT2D eigenvalue weighted by molar-refractivity contribution is 6.30. The highest BCUT2D eigenvalue weighted by Gasteiger charge is 2.19. The molecule has 4 aromatic rings. The van der Waals surface area contributed by atoms with E-state index in [1.165, 1.54) is 19.2 Å². The summed E-state index contributed by atoms with van der Waals surface area (Å²) in [5, 5.41) is 13.9. The molecule has 0 fully saturated rings. The Bertz CT molecular complexity index is 1330. The summed E-state index contributed by atoms with van der Waals surface area (Å²) in [6.45, 7) is 2.44. The molecule has 7 heteroatoms. The van der Waals surface area contributed by atoms with Crippen molar-refractivity contribution >= 4 is 34.4 Å². The van der Waals surface area contributed by atoms with Crippen LogP contribution in [0.3, 0.4) is 0 Å². The monoisotopic (exact) mass is 462 g/mol. The fourth-order valence-electron chi connectivity index (χ4n) is 3.92. The Morgan fingerprint density at radius 3 is 2.55 bits per heavy atom. The molecule has 168 valence electrons. The van der Waals surface area contributed by atoms with Gasteiger partial charge in [0.05, 0.1) is 29.8 Å². The normalized spacial score (nSPS) is 11.8. The number of carboxylic acids is 1. The van der Waals surface area contributed by atoms with Crippen LogP contribution < -0.4 is 10.1 Å². The molecule has 0 aliphatic rings. The summed E-state index contributed by atoms with van der Waals surface area (Å²) in [6.07, 6.45) is 1.97. The lowest BCUT2D eigenvalue weighted by Gasteiger charge is -2.18. The predicted molar refractivity (Wildman–Crippen MR) is 128 cm³/mol. The van der Waals surface area contributed by atoms with Gasteiger partial charge in [-0.25, -0.2) is 4.79 Å². The maximum atomic E-state index is 13.3. The first-order valence-electron chi connectivity index (χ1n) is 10.4. The third-order valence-corrected chi connectivity index (χ3v) is 5.85. The average molecular weight is 463 g/mol. The van der Waals surface area contributed by atoms with E-state index in [4.69, 9.17) is 16.3 Å². The minimum atomic E-state index is -1.04. The fourth-order valence-corrected chi connectivity index (χ4v) is 4.04. The summed E-state index contributed by atoms with van der Waals surface area (Å²) in [6, 6.07) is 19.5. The Hall–Kier alpha value is -3.77. The minimum Gasteiger partial charge on any atom is -0.496 e. The Balaban J connectivity index is 1.63. The molecule has 0 saturated carbocycles. The first-order valence-corrected chi connectivity index (χ1v) is 10.8. The number of aromatic nitrogens is 1. The number of rotatable bonds is 7. The second kappa shape index (κ2) is 9.38. The summed E-state index contributed by atoms with van der Waals surface area (Å²) >= 11 is 6.00. The number of fused-ring (bicyclic) bond motifs is 1. The van der Waals surface area contributed by atoms with E-state index in [-0.39, 0.29) is 11.5 Å². The number of amides is 1. The van der Waals surface area contributed by atoms with Crippen molar-refractivity contribution in [3.63, 3.8) is 0 Å². The van der Waals surface area contributed by atoms with Crippen LogP contribution in [0.5, 0.6) is 5.75 Å². The van der Waals surface area contributed by atoms with Crippen LogP contribution in [0, 0.1) is 0 Å². The van der Waals surface area contributed by atoms with Crippen molar-refractivity contribution in [2.24, 2.45) is 0 Å². The largest absolute Gasteiger partial charge is 0.496 e. The van der Waals surface area contributed by atoms with Crippen molar-refractivity contribution in [2.45, 2.75) is 19.5 Å². The summed E-state index contributed by atoms with van der Waals surface area (Å²) in [5.74, 6) is -0.856. The standard InChI is InChI=1S/C26H23ClN2O4/c1-16(21-11-8-19(26(31)32)14-23(21)33-2)28-25(30)22-5-3-4-18-12-13-29(24(18)22)15-17-6-9-20(27)10-7-17/h3-14,16H,15H2,1-2H3,(H,28,30)(H,31,32). The van der Waals surface area contributed by atoms with E-state index in [0.29, 0.717) is 28.4 Å². The molecule has 33 heavy (non-hydrogen) atoms. The van der Waals surface area contributed by atoms with E-state index in [1.54, 1.807) is 12.1 Å². The number of aromatic carboxylic acids is 1. The van der Waals surface area contributed by atoms with Crippen LogP contribution in [-0.2, 0) is 6.54 Å². The Morgan fingerprint density at radius 2 is 1.85 bits per heavy atom. The van der Waals surface area contributed by atoms with Crippen LogP contribution in [0.2, 0.25) is 5.02 Å². The number of hydrogen-bond acceptors (Lipinski definition) is 3. The molecule has 1 aromatic heterocycles. The molecule has 2 N–H and O–H groups in total. The summed E-state index contributed by atoms with van der Waals surface area (Å²) in [7, 11) is 1.48. The maximum absolute atomic E-state index is 13.3. The third-order valence-electron chi connectivity index (χ3n) is 5.59. The number of para-hydroxylation sites is 1. The molecular formula is C26H23ClN2O4. The van der Waals surface area contributed by atoms with E-state index in [9.17, 15) is 14.7 Å². The number of nitrogens with zero attached hydrogens (tertiary/aromatic N) is 1. The van der Waals surface area contributed by atoms with Gasteiger partial charge in [0.25, 0.3) is 5.91 Å². The van der Waals surface area contributed by atoms with E-state index in [1.807, 2.05) is 60.2 Å². The van der Waals surface area contributed by atoms with Crippen LogP contribution in [0.4, 0.5) is 0 Å². The van der Waals surface area contributed by atoms with E-state index in [0.717, 1.165) is 16.5 Å². The quantitative estimate of drug-likeness (QED) is 0.378. The lowest BCUT2D eigenvalue weighted by molar-refractivity contribution is 0.0696. The Labute approximate surface area is 196 Å². The van der Waals surface area contributed by atoms with Gasteiger partial charge >= 0.3 is 5.97 Å². The first kappa shape index (κ1) is 22.4. The highest BCUT2D eigenvalue weighted by atomic mass is 35.5. The Kier molecular flexibility index (Phi) is 6.38. The minimum absolute atomic E-state index is 0.124. The van der Waals surface area contributed by atoms with Gasteiger partial charge in [-0.2, -0.15) is 0 Å². The number of hydrogen-bond donors (Lipinski definition) is 2. The first-order chi connectivity index (χ1) is 15.9. The molecule has 0 aliphatic carbocycles. The van der Waals surface area contributed by atoms with Gasteiger partial charge in [0, 0.05) is 28.7 Å². The smallest absolute Gasteiger partial charge is 0.335 e. The maximum Gasteiger partial charge on any atom is 0.335 e. The van der Waals surface area contributed by atoms with Gasteiger partial charge in [0.2, 0.25) is 0 Å². The number of carbonyl (C=O) groups excluding carboxylic acids is 1. The van der Waals surface area contributed by atoms with Crippen molar-refractivity contribution in [1.29, 1.82) is 0 Å². The van der Waals surface area contributed by atoms with Gasteiger partial charge in [0.1, 0.15) is 5.75 Å². The summed E-state index contributed by atoms with van der Waals surface area (Å²) < 4.78 is 7.41. The van der Waals surface area contributed by atoms with Gasteiger partial charge in [-0.15, -0.1) is 0 Å². The molecule has 0 spiro atoms. The average Bonchev–Trinajstić information content (AvgIpc) is 3.22. The summed E-state index contributed by atoms with van der Waals surface area (Å²) in [5.41, 5.74) is 3.28. The fraction of sp³-hybridized carbons (Fsp3) is 0.154. The lowest BCUT2D eigenvalue weighted by Crippen LogP contribution is -2.27. The summed E-state index contributed by atoms with van der Waals surface area (Å²) in [4.78, 5) is 24.5. The molecule has 1 unspecified atom stereocenters. The lowest BCUT2D eigenvalue weighted by atomic mass is 10.0. The number of carbonyl (C=O) groups is 2. The molecule has 1 heterocycles. The van der Waals surface area contributed by atoms with Crippen LogP contribution >= 0.6 is 11.6 Å². The van der Waals surface area contributed by atoms with E-state index >= 15 is 0 Å². The molecule has 0 bridgehead atoms. The predicted octanol–water partition coefficient (Wildman–Crippen LogP) is 5.54. The van der Waals surface area contributed by atoms with Crippen molar-refractivity contribution < 1.29 is 19.4 Å². The number of halogens is 1. The van der Waals surface area contributed by atoms with Crippen LogP contribution in [-0.4, -0.2) is 28.7 Å². The van der Waals surface area contributed by atoms with Gasteiger partial charge in [-0.05, 0) is 48.9 Å². The van der Waals surface area contributed by atoms with E-state index < -0.39 is 12.0 Å².